The van der Waals surface area contributed by atoms with Crippen molar-refractivity contribution >= 4 is 17.2 Å². The predicted octanol–water partition coefficient (Wildman–Crippen LogP) is 2.11. The summed E-state index contributed by atoms with van der Waals surface area (Å²) in [4.78, 5) is 21.8. The third kappa shape index (κ3) is 2.71. The molecule has 3 fully saturated rings. The molecule has 2 bridgehead atoms. The minimum atomic E-state index is -0.648. The van der Waals surface area contributed by atoms with Crippen molar-refractivity contribution in [1.29, 1.82) is 0 Å². The van der Waals surface area contributed by atoms with Crippen molar-refractivity contribution in [2.45, 2.75) is 44.6 Å². The van der Waals surface area contributed by atoms with Gasteiger partial charge in [-0.25, -0.2) is 18.6 Å². The highest BCUT2D eigenvalue weighted by Gasteiger charge is 2.46. The Morgan fingerprint density at radius 2 is 1.86 bits per heavy atom. The number of piperazine rings is 1. The molecule has 0 radical (unpaired) electrons. The molecule has 1 saturated carbocycles. The molecule has 2 unspecified atom stereocenters. The van der Waals surface area contributed by atoms with Gasteiger partial charge in [0, 0.05) is 54.6 Å². The molecule has 3 aliphatic rings. The highest BCUT2D eigenvalue weighted by atomic mass is 19.1. The fourth-order valence-electron chi connectivity index (χ4n) is 4.87. The zero-order valence-corrected chi connectivity index (χ0v) is 16.0. The van der Waals surface area contributed by atoms with E-state index in [1.807, 2.05) is 16.8 Å². The van der Waals surface area contributed by atoms with Gasteiger partial charge < -0.3 is 9.80 Å². The van der Waals surface area contributed by atoms with E-state index in [2.05, 4.69) is 25.0 Å². The van der Waals surface area contributed by atoms with Gasteiger partial charge in [-0.15, -0.1) is 0 Å². The van der Waals surface area contributed by atoms with Crippen molar-refractivity contribution in [3.8, 4) is 11.1 Å². The van der Waals surface area contributed by atoms with Crippen molar-refractivity contribution < 1.29 is 9.18 Å². The van der Waals surface area contributed by atoms with Crippen LogP contribution in [0.1, 0.15) is 25.7 Å². The topological polar surface area (TPSA) is 71.6 Å². The summed E-state index contributed by atoms with van der Waals surface area (Å²) >= 11 is 0. The van der Waals surface area contributed by atoms with Crippen LogP contribution in [0, 0.1) is 5.92 Å². The number of nitrogens with zero attached hydrogens (tertiary/aromatic N) is 7. The van der Waals surface area contributed by atoms with Crippen molar-refractivity contribution in [3.05, 3.63) is 31.0 Å². The zero-order chi connectivity index (χ0) is 19.5. The van der Waals surface area contributed by atoms with Gasteiger partial charge in [-0.05, 0) is 31.7 Å². The smallest absolute Gasteiger partial charge is 0.226 e. The molecule has 29 heavy (non-hydrogen) atoms. The SMILES string of the molecule is O=C(C1CC1)N1C2CCC1CN(c1ncnn3cc(-c4cnn(CF)c4)cc13)C2. The fraction of sp³-hybridized carbons (Fsp3) is 0.500. The van der Waals surface area contributed by atoms with Gasteiger partial charge in [-0.1, -0.05) is 0 Å². The molecular weight excluding hydrogens is 373 g/mol. The lowest BCUT2D eigenvalue weighted by molar-refractivity contribution is -0.135. The number of hydrogen-bond acceptors (Lipinski definition) is 5. The fourth-order valence-corrected chi connectivity index (χ4v) is 4.87. The third-order valence-corrected chi connectivity index (χ3v) is 6.44. The van der Waals surface area contributed by atoms with Crippen LogP contribution < -0.4 is 4.90 Å². The van der Waals surface area contributed by atoms with E-state index in [4.69, 9.17) is 0 Å². The largest absolute Gasteiger partial charge is 0.351 e. The van der Waals surface area contributed by atoms with Crippen molar-refractivity contribution in [3.63, 3.8) is 0 Å². The summed E-state index contributed by atoms with van der Waals surface area (Å²) in [6.07, 6.45) is 11.1. The summed E-state index contributed by atoms with van der Waals surface area (Å²) in [6.45, 7) is 0.967. The van der Waals surface area contributed by atoms with Crippen molar-refractivity contribution in [1.82, 2.24) is 29.3 Å². The first-order chi connectivity index (χ1) is 14.2. The Labute approximate surface area is 166 Å². The third-order valence-electron chi connectivity index (χ3n) is 6.44. The maximum atomic E-state index is 12.8. The van der Waals surface area contributed by atoms with Crippen LogP contribution in [0.5, 0.6) is 0 Å². The van der Waals surface area contributed by atoms with Gasteiger partial charge in [0.25, 0.3) is 0 Å². The Morgan fingerprint density at radius 3 is 2.55 bits per heavy atom. The monoisotopic (exact) mass is 395 g/mol. The Bertz CT molecular complexity index is 1070. The van der Waals surface area contributed by atoms with Crippen LogP contribution in [0.2, 0.25) is 0 Å². The molecule has 1 aliphatic carbocycles. The Kier molecular flexibility index (Phi) is 3.66. The lowest BCUT2D eigenvalue weighted by Gasteiger charge is -2.41. The van der Waals surface area contributed by atoms with E-state index in [-0.39, 0.29) is 18.0 Å². The summed E-state index contributed by atoms with van der Waals surface area (Å²) in [7, 11) is 0. The molecule has 5 heterocycles. The van der Waals surface area contributed by atoms with E-state index >= 15 is 0 Å². The minimum absolute atomic E-state index is 0.272. The highest BCUT2D eigenvalue weighted by molar-refractivity contribution is 5.83. The molecule has 8 nitrogen and oxygen atoms in total. The molecule has 150 valence electrons. The minimum Gasteiger partial charge on any atom is -0.351 e. The van der Waals surface area contributed by atoms with E-state index in [1.165, 1.54) is 4.68 Å². The Morgan fingerprint density at radius 1 is 1.07 bits per heavy atom. The molecule has 9 heteroatoms. The van der Waals surface area contributed by atoms with Gasteiger partial charge in [-0.3, -0.25) is 4.79 Å². The number of halogens is 1. The van der Waals surface area contributed by atoms with Crippen molar-refractivity contribution in [2.75, 3.05) is 18.0 Å². The zero-order valence-electron chi connectivity index (χ0n) is 16.0. The number of aromatic nitrogens is 5. The quantitative estimate of drug-likeness (QED) is 0.677. The molecule has 0 aromatic carbocycles. The number of anilines is 1. The molecular formula is C20H22FN7O. The second-order valence-corrected chi connectivity index (χ2v) is 8.34. The van der Waals surface area contributed by atoms with Gasteiger partial charge in [-0.2, -0.15) is 10.2 Å². The van der Waals surface area contributed by atoms with Crippen LogP contribution in [0.4, 0.5) is 10.2 Å². The lowest BCUT2D eigenvalue weighted by atomic mass is 10.1. The van der Waals surface area contributed by atoms with E-state index in [0.717, 1.165) is 61.2 Å². The molecule has 1 amide bonds. The van der Waals surface area contributed by atoms with E-state index < -0.39 is 6.80 Å². The number of fused-ring (bicyclic) bond motifs is 3. The normalized spacial score (nSPS) is 23.9. The van der Waals surface area contributed by atoms with Gasteiger partial charge in [0.05, 0.1) is 6.20 Å². The molecule has 0 spiro atoms. The molecule has 0 N–H and O–H groups in total. The first-order valence-corrected chi connectivity index (χ1v) is 10.2. The molecule has 6 rings (SSSR count). The average molecular weight is 395 g/mol. The van der Waals surface area contributed by atoms with Crippen LogP contribution in [0.15, 0.2) is 31.0 Å². The number of carbonyl (C=O) groups is 1. The summed E-state index contributed by atoms with van der Waals surface area (Å²) < 4.78 is 15.9. The van der Waals surface area contributed by atoms with Crippen molar-refractivity contribution in [2.24, 2.45) is 5.92 Å². The predicted molar refractivity (Wildman–Crippen MR) is 104 cm³/mol. The molecule has 3 aromatic rings. The highest BCUT2D eigenvalue weighted by Crippen LogP contribution is 2.39. The van der Waals surface area contributed by atoms with Gasteiger partial charge in [0.1, 0.15) is 11.8 Å². The Hall–Kier alpha value is -2.97. The van der Waals surface area contributed by atoms with Crippen LogP contribution in [-0.4, -0.2) is 60.4 Å². The standard InChI is InChI=1S/C20H22FN7O/c21-11-26-7-15(6-23-26)14-5-18-19(22-12-24-27(18)8-14)25-9-16-3-4-17(10-25)28(16)20(29)13-1-2-13/h5-8,12-13,16-17H,1-4,9-11H2. The second kappa shape index (κ2) is 6.27. The van der Waals surface area contributed by atoms with Crippen LogP contribution in [-0.2, 0) is 11.6 Å². The summed E-state index contributed by atoms with van der Waals surface area (Å²) in [5, 5.41) is 8.37. The lowest BCUT2D eigenvalue weighted by Crippen LogP contribution is -2.56. The van der Waals surface area contributed by atoms with Gasteiger partial charge >= 0.3 is 0 Å². The van der Waals surface area contributed by atoms with E-state index in [0.29, 0.717) is 5.91 Å². The maximum absolute atomic E-state index is 12.8. The number of alkyl halides is 1. The summed E-state index contributed by atoms with van der Waals surface area (Å²) in [6, 6.07) is 2.57. The Balaban J connectivity index is 1.32. The van der Waals surface area contributed by atoms with Crippen LogP contribution in [0.25, 0.3) is 16.6 Å². The first-order valence-electron chi connectivity index (χ1n) is 10.2. The molecule has 2 atom stereocenters. The molecule has 2 aliphatic heterocycles. The van der Waals surface area contributed by atoms with E-state index in [1.54, 1.807) is 18.7 Å². The molecule has 3 aromatic heterocycles. The number of rotatable bonds is 4. The second-order valence-electron chi connectivity index (χ2n) is 8.34. The van der Waals surface area contributed by atoms with Gasteiger partial charge in [0.15, 0.2) is 12.6 Å². The van der Waals surface area contributed by atoms with E-state index in [9.17, 15) is 9.18 Å². The van der Waals surface area contributed by atoms with Crippen LogP contribution in [0.3, 0.4) is 0 Å². The number of carbonyl (C=O) groups excluding carboxylic acids is 1. The molecule has 2 saturated heterocycles. The summed E-state index contributed by atoms with van der Waals surface area (Å²) in [5.74, 6) is 1.52. The number of hydrogen-bond donors (Lipinski definition) is 0. The average Bonchev–Trinajstić information content (AvgIpc) is 3.21. The maximum Gasteiger partial charge on any atom is 0.226 e. The number of amides is 1. The summed E-state index contributed by atoms with van der Waals surface area (Å²) in [5.41, 5.74) is 2.69. The van der Waals surface area contributed by atoms with Gasteiger partial charge in [0.2, 0.25) is 5.91 Å². The first kappa shape index (κ1) is 16.9. The van der Waals surface area contributed by atoms with Crippen LogP contribution >= 0.6 is 0 Å².